The molecule has 1 N–H and O–H groups in total. The average molecular weight is 373 g/mol. The molecule has 26 heavy (non-hydrogen) atoms. The number of nitrogens with one attached hydrogen (secondary N) is 1. The van der Waals surface area contributed by atoms with Crippen LogP contribution in [0.2, 0.25) is 0 Å². The number of hydrogen-bond donors (Lipinski definition) is 1. The maximum absolute atomic E-state index is 13.6. The van der Waals surface area contributed by atoms with Crippen LogP contribution in [0, 0.1) is 5.82 Å². The fraction of sp³-hybridized carbons (Fsp3) is 0.450. The number of likely N-dealkylation sites (tertiary alicyclic amines) is 1. The molecule has 1 atom stereocenters. The SMILES string of the molecule is O=C1NCCN(Cc2cc(CN3CCCC3)cs2)[C@@H]1c1cccc(F)c1. The Morgan fingerprint density at radius 3 is 2.81 bits per heavy atom. The second-order valence-electron chi connectivity index (χ2n) is 7.12. The van der Waals surface area contributed by atoms with Crippen LogP contribution >= 0.6 is 11.3 Å². The van der Waals surface area contributed by atoms with Gasteiger partial charge in [0, 0.05) is 31.1 Å². The minimum Gasteiger partial charge on any atom is -0.353 e. The van der Waals surface area contributed by atoms with E-state index in [0.717, 1.165) is 25.2 Å². The topological polar surface area (TPSA) is 35.6 Å². The van der Waals surface area contributed by atoms with E-state index in [0.29, 0.717) is 6.54 Å². The van der Waals surface area contributed by atoms with E-state index in [4.69, 9.17) is 0 Å². The standard InChI is InChI=1S/C20H24FN3OS/c21-17-5-3-4-16(11-17)19-20(25)22-6-9-24(19)13-18-10-15(14-26-18)12-23-7-1-2-8-23/h3-5,10-11,14,19H,1-2,6-9,12-13H2,(H,22,25)/t19-/m1/s1. The minimum absolute atomic E-state index is 0.0457. The Kier molecular flexibility index (Phi) is 5.33. The Balaban J connectivity index is 1.48. The number of piperazine rings is 1. The van der Waals surface area contributed by atoms with E-state index in [-0.39, 0.29) is 11.7 Å². The third-order valence-corrected chi connectivity index (χ3v) is 6.12. The number of nitrogens with zero attached hydrogens (tertiary/aromatic N) is 2. The maximum atomic E-state index is 13.6. The lowest BCUT2D eigenvalue weighted by molar-refractivity contribution is -0.129. The highest BCUT2D eigenvalue weighted by Gasteiger charge is 2.31. The van der Waals surface area contributed by atoms with Crippen LogP contribution in [-0.4, -0.2) is 41.9 Å². The summed E-state index contributed by atoms with van der Waals surface area (Å²) in [5.41, 5.74) is 2.08. The monoisotopic (exact) mass is 373 g/mol. The molecular weight excluding hydrogens is 349 g/mol. The lowest BCUT2D eigenvalue weighted by Crippen LogP contribution is -2.49. The number of hydrogen-bond acceptors (Lipinski definition) is 4. The van der Waals surface area contributed by atoms with E-state index in [9.17, 15) is 9.18 Å². The second-order valence-corrected chi connectivity index (χ2v) is 8.12. The number of amides is 1. The Morgan fingerprint density at radius 1 is 1.15 bits per heavy atom. The molecule has 0 bridgehead atoms. The number of thiophene rings is 1. The van der Waals surface area contributed by atoms with Gasteiger partial charge in [-0.15, -0.1) is 11.3 Å². The van der Waals surface area contributed by atoms with Gasteiger partial charge in [0.25, 0.3) is 0 Å². The molecule has 138 valence electrons. The summed E-state index contributed by atoms with van der Waals surface area (Å²) >= 11 is 1.75. The highest BCUT2D eigenvalue weighted by Crippen LogP contribution is 2.28. The summed E-state index contributed by atoms with van der Waals surface area (Å²) in [4.78, 5) is 18.4. The molecule has 0 saturated carbocycles. The molecule has 0 spiro atoms. The van der Waals surface area contributed by atoms with Crippen LogP contribution in [0.15, 0.2) is 35.7 Å². The Bertz CT molecular complexity index is 772. The zero-order chi connectivity index (χ0) is 17.9. The van der Waals surface area contributed by atoms with Crippen molar-refractivity contribution < 1.29 is 9.18 Å². The van der Waals surface area contributed by atoms with Gasteiger partial charge in [-0.3, -0.25) is 14.6 Å². The van der Waals surface area contributed by atoms with Crippen molar-refractivity contribution in [1.29, 1.82) is 0 Å². The van der Waals surface area contributed by atoms with Crippen LogP contribution in [0.25, 0.3) is 0 Å². The number of carbonyl (C=O) groups is 1. The van der Waals surface area contributed by atoms with Gasteiger partial charge in [-0.25, -0.2) is 4.39 Å². The molecule has 4 rings (SSSR count). The van der Waals surface area contributed by atoms with Gasteiger partial charge < -0.3 is 5.32 Å². The van der Waals surface area contributed by atoms with Gasteiger partial charge in [-0.2, -0.15) is 0 Å². The van der Waals surface area contributed by atoms with E-state index >= 15 is 0 Å². The van der Waals surface area contributed by atoms with Gasteiger partial charge in [-0.1, -0.05) is 12.1 Å². The molecule has 1 aromatic heterocycles. The highest BCUT2D eigenvalue weighted by atomic mass is 32.1. The zero-order valence-corrected chi connectivity index (χ0v) is 15.6. The zero-order valence-electron chi connectivity index (χ0n) is 14.8. The van der Waals surface area contributed by atoms with Crippen molar-refractivity contribution in [2.24, 2.45) is 0 Å². The van der Waals surface area contributed by atoms with Crippen LogP contribution in [0.4, 0.5) is 4.39 Å². The first-order valence-corrected chi connectivity index (χ1v) is 10.1. The maximum Gasteiger partial charge on any atom is 0.242 e. The molecular formula is C20H24FN3OS. The van der Waals surface area contributed by atoms with Crippen molar-refractivity contribution in [2.75, 3.05) is 26.2 Å². The molecule has 2 aromatic rings. The molecule has 2 fully saturated rings. The fourth-order valence-electron chi connectivity index (χ4n) is 3.91. The quantitative estimate of drug-likeness (QED) is 0.875. The highest BCUT2D eigenvalue weighted by molar-refractivity contribution is 7.10. The second kappa shape index (κ2) is 7.86. The number of rotatable bonds is 5. The van der Waals surface area contributed by atoms with E-state index < -0.39 is 6.04 Å². The summed E-state index contributed by atoms with van der Waals surface area (Å²) in [5, 5.41) is 5.14. The van der Waals surface area contributed by atoms with E-state index in [1.807, 2.05) is 6.07 Å². The first-order valence-electron chi connectivity index (χ1n) is 9.25. The molecule has 2 saturated heterocycles. The summed E-state index contributed by atoms with van der Waals surface area (Å²) in [6, 6.07) is 8.22. The fourth-order valence-corrected chi connectivity index (χ4v) is 4.82. The molecule has 0 unspecified atom stereocenters. The van der Waals surface area contributed by atoms with Crippen molar-refractivity contribution in [1.82, 2.24) is 15.1 Å². The number of carbonyl (C=O) groups excluding carboxylic acids is 1. The lowest BCUT2D eigenvalue weighted by Gasteiger charge is -2.35. The summed E-state index contributed by atoms with van der Waals surface area (Å²) < 4.78 is 13.6. The van der Waals surface area contributed by atoms with Gasteiger partial charge in [0.2, 0.25) is 5.91 Å². The van der Waals surface area contributed by atoms with Gasteiger partial charge in [0.15, 0.2) is 0 Å². The minimum atomic E-state index is -0.427. The van der Waals surface area contributed by atoms with Crippen LogP contribution in [0.3, 0.4) is 0 Å². The Hall–Kier alpha value is -1.76. The average Bonchev–Trinajstić information content (AvgIpc) is 3.28. The molecule has 6 heteroatoms. The largest absolute Gasteiger partial charge is 0.353 e. The van der Waals surface area contributed by atoms with Gasteiger partial charge in [0.1, 0.15) is 11.9 Å². The molecule has 2 aliphatic heterocycles. The van der Waals surface area contributed by atoms with Gasteiger partial charge in [0.05, 0.1) is 0 Å². The summed E-state index contributed by atoms with van der Waals surface area (Å²) in [5.74, 6) is -0.347. The van der Waals surface area contributed by atoms with Gasteiger partial charge in [-0.05, 0) is 60.6 Å². The van der Waals surface area contributed by atoms with Gasteiger partial charge >= 0.3 is 0 Å². The Morgan fingerprint density at radius 2 is 2.00 bits per heavy atom. The lowest BCUT2D eigenvalue weighted by atomic mass is 10.0. The molecule has 1 aromatic carbocycles. The Labute approximate surface area is 157 Å². The molecule has 3 heterocycles. The van der Waals surface area contributed by atoms with Crippen LogP contribution in [0.1, 0.15) is 34.9 Å². The normalized spacial score (nSPS) is 21.9. The summed E-state index contributed by atoms with van der Waals surface area (Å²) in [6.45, 7) is 5.53. The van der Waals surface area contributed by atoms with E-state index in [1.165, 1.54) is 48.5 Å². The van der Waals surface area contributed by atoms with E-state index in [2.05, 4.69) is 26.6 Å². The number of benzene rings is 1. The summed E-state index contributed by atoms with van der Waals surface area (Å²) in [6.07, 6.45) is 2.60. The first-order chi connectivity index (χ1) is 12.7. The molecule has 4 nitrogen and oxygen atoms in total. The third-order valence-electron chi connectivity index (χ3n) is 5.15. The van der Waals surface area contributed by atoms with E-state index in [1.54, 1.807) is 17.4 Å². The molecule has 2 aliphatic rings. The molecule has 0 aliphatic carbocycles. The van der Waals surface area contributed by atoms with Crippen molar-refractivity contribution in [3.63, 3.8) is 0 Å². The van der Waals surface area contributed by atoms with Crippen LogP contribution < -0.4 is 5.32 Å². The van der Waals surface area contributed by atoms with Crippen molar-refractivity contribution in [3.05, 3.63) is 57.5 Å². The van der Waals surface area contributed by atoms with Crippen molar-refractivity contribution in [2.45, 2.75) is 32.0 Å². The molecule has 0 radical (unpaired) electrons. The predicted molar refractivity (Wildman–Crippen MR) is 101 cm³/mol. The van der Waals surface area contributed by atoms with Crippen LogP contribution in [0.5, 0.6) is 0 Å². The van der Waals surface area contributed by atoms with Crippen molar-refractivity contribution >= 4 is 17.2 Å². The summed E-state index contributed by atoms with van der Waals surface area (Å²) in [7, 11) is 0. The number of halogens is 1. The third kappa shape index (κ3) is 3.98. The first kappa shape index (κ1) is 17.6. The molecule has 1 amide bonds. The van der Waals surface area contributed by atoms with Crippen LogP contribution in [-0.2, 0) is 17.9 Å². The smallest absolute Gasteiger partial charge is 0.242 e. The van der Waals surface area contributed by atoms with Crippen molar-refractivity contribution in [3.8, 4) is 0 Å². The predicted octanol–water partition coefficient (Wildman–Crippen LogP) is 3.16.